The zero-order valence-electron chi connectivity index (χ0n) is 8.70. The summed E-state index contributed by atoms with van der Waals surface area (Å²) in [6.07, 6.45) is 12.7. The lowest BCUT2D eigenvalue weighted by Crippen LogP contribution is -1.80. The van der Waals surface area contributed by atoms with Gasteiger partial charge >= 0.3 is 0 Å². The van der Waals surface area contributed by atoms with E-state index < -0.39 is 0 Å². The van der Waals surface area contributed by atoms with E-state index in [1.165, 1.54) is 12.0 Å². The highest BCUT2D eigenvalue weighted by molar-refractivity contribution is 5.66. The molecule has 2 rings (SSSR count). The molecule has 0 saturated carbocycles. The molecule has 0 spiro atoms. The molecule has 72 valence electrons. The molecular weight excluding hydrogens is 170 g/mol. The Morgan fingerprint density at radius 2 is 2.07 bits per heavy atom. The van der Waals surface area contributed by atoms with Crippen LogP contribution < -0.4 is 0 Å². The maximum absolute atomic E-state index is 4.03. The standard InChI is InChI=1S/C10H7N.C3H8/c1-2-4-9-6-7-11-8-10(9)5-3-1;1-3-2/h1,3-8H;3H2,1-2H3. The topological polar surface area (TPSA) is 12.9 Å². The Hall–Kier alpha value is -1.59. The van der Waals surface area contributed by atoms with E-state index in [4.69, 9.17) is 0 Å². The van der Waals surface area contributed by atoms with Crippen LogP contribution in [0.1, 0.15) is 31.4 Å². The number of pyridine rings is 1. The van der Waals surface area contributed by atoms with Gasteiger partial charge in [0, 0.05) is 18.0 Å². The van der Waals surface area contributed by atoms with Crippen LogP contribution in [0.3, 0.4) is 0 Å². The summed E-state index contributed by atoms with van der Waals surface area (Å²) in [7, 11) is 0. The summed E-state index contributed by atoms with van der Waals surface area (Å²) >= 11 is 0. The van der Waals surface area contributed by atoms with Crippen molar-refractivity contribution in [1.82, 2.24) is 4.98 Å². The molecule has 1 heterocycles. The lowest BCUT2D eigenvalue weighted by atomic mass is 10.1. The summed E-state index contributed by atoms with van der Waals surface area (Å²) < 4.78 is 0. The van der Waals surface area contributed by atoms with Gasteiger partial charge in [-0.25, -0.2) is 0 Å². The quantitative estimate of drug-likeness (QED) is 0.562. The van der Waals surface area contributed by atoms with E-state index in [1.807, 2.05) is 36.6 Å². The van der Waals surface area contributed by atoms with Gasteiger partial charge in [-0.15, -0.1) is 5.73 Å². The molecule has 0 saturated heterocycles. The van der Waals surface area contributed by atoms with Gasteiger partial charge in [-0.05, 0) is 23.8 Å². The maximum atomic E-state index is 4.03. The van der Waals surface area contributed by atoms with Gasteiger partial charge in [0.25, 0.3) is 0 Å². The Morgan fingerprint density at radius 1 is 1.29 bits per heavy atom. The monoisotopic (exact) mass is 185 g/mol. The second-order valence-electron chi connectivity index (χ2n) is 3.05. The van der Waals surface area contributed by atoms with Crippen LogP contribution in [-0.2, 0) is 0 Å². The van der Waals surface area contributed by atoms with E-state index in [0.29, 0.717) is 0 Å². The Morgan fingerprint density at radius 3 is 2.86 bits per heavy atom. The van der Waals surface area contributed by atoms with E-state index in [2.05, 4.69) is 24.6 Å². The summed E-state index contributed by atoms with van der Waals surface area (Å²) in [6, 6.07) is 1.98. The van der Waals surface area contributed by atoms with Gasteiger partial charge in [-0.1, -0.05) is 32.4 Å². The molecular formula is C13H15N. The second kappa shape index (κ2) is 5.95. The number of fused-ring (bicyclic) bond motifs is 1. The summed E-state index contributed by atoms with van der Waals surface area (Å²) in [5.74, 6) is 0. The molecule has 1 aromatic heterocycles. The molecule has 0 radical (unpaired) electrons. The number of hydrogen-bond donors (Lipinski definition) is 0. The van der Waals surface area contributed by atoms with Crippen LogP contribution in [0.25, 0.3) is 12.2 Å². The molecule has 1 heteroatoms. The van der Waals surface area contributed by atoms with E-state index in [0.717, 1.165) is 5.56 Å². The number of rotatable bonds is 0. The molecule has 0 aromatic carbocycles. The first-order valence-corrected chi connectivity index (χ1v) is 4.91. The third-order valence-corrected chi connectivity index (χ3v) is 1.59. The summed E-state index contributed by atoms with van der Waals surface area (Å²) in [5, 5.41) is 0. The predicted molar refractivity (Wildman–Crippen MR) is 61.8 cm³/mol. The lowest BCUT2D eigenvalue weighted by Gasteiger charge is -1.95. The highest BCUT2D eigenvalue weighted by atomic mass is 14.6. The smallest absolute Gasteiger partial charge is 0.0346 e. The Kier molecular flexibility index (Phi) is 4.46. The fourth-order valence-electron chi connectivity index (χ4n) is 1.03. The van der Waals surface area contributed by atoms with Crippen LogP contribution >= 0.6 is 0 Å². The van der Waals surface area contributed by atoms with Gasteiger partial charge in [-0.3, -0.25) is 4.98 Å². The van der Waals surface area contributed by atoms with E-state index in [9.17, 15) is 0 Å². The zero-order valence-corrected chi connectivity index (χ0v) is 8.70. The Balaban J connectivity index is 0.000000293. The fraction of sp³-hybridized carbons (Fsp3) is 0.231. The Labute approximate surface area is 85.5 Å². The predicted octanol–water partition coefficient (Wildman–Crippen LogP) is 3.69. The van der Waals surface area contributed by atoms with Crippen LogP contribution in [0.15, 0.2) is 36.3 Å². The molecule has 1 nitrogen and oxygen atoms in total. The normalized spacial score (nSPS) is 11.3. The van der Waals surface area contributed by atoms with Gasteiger partial charge in [-0.2, -0.15) is 0 Å². The van der Waals surface area contributed by atoms with Gasteiger partial charge in [0.2, 0.25) is 0 Å². The van der Waals surface area contributed by atoms with Crippen LogP contribution in [-0.4, -0.2) is 4.98 Å². The van der Waals surface area contributed by atoms with Crippen molar-refractivity contribution >= 4 is 12.2 Å². The largest absolute Gasteiger partial charge is 0.264 e. The highest BCUT2D eigenvalue weighted by Crippen LogP contribution is 2.12. The molecule has 1 aliphatic rings. The molecule has 0 unspecified atom stereocenters. The molecule has 1 aromatic rings. The van der Waals surface area contributed by atoms with Crippen molar-refractivity contribution in [1.29, 1.82) is 0 Å². The minimum absolute atomic E-state index is 1.15. The van der Waals surface area contributed by atoms with Gasteiger partial charge < -0.3 is 0 Å². The molecule has 0 fully saturated rings. The SMILES string of the molecule is C1=CC=Cc2cnccc2C=1.CCC. The van der Waals surface area contributed by atoms with Crippen molar-refractivity contribution < 1.29 is 0 Å². The van der Waals surface area contributed by atoms with Gasteiger partial charge in [0.05, 0.1) is 0 Å². The molecule has 0 bridgehead atoms. The molecule has 0 amide bonds. The lowest BCUT2D eigenvalue weighted by molar-refractivity contribution is 1.09. The van der Waals surface area contributed by atoms with Crippen LogP contribution in [0.5, 0.6) is 0 Å². The zero-order chi connectivity index (χ0) is 10.2. The number of hydrogen-bond acceptors (Lipinski definition) is 1. The van der Waals surface area contributed by atoms with E-state index in [-0.39, 0.29) is 0 Å². The molecule has 0 N–H and O–H groups in total. The van der Waals surface area contributed by atoms with Crippen molar-refractivity contribution in [3.05, 3.63) is 47.5 Å². The highest BCUT2D eigenvalue weighted by Gasteiger charge is 1.94. The minimum Gasteiger partial charge on any atom is -0.264 e. The maximum Gasteiger partial charge on any atom is 0.0346 e. The average Bonchev–Trinajstić information content (AvgIpc) is 2.43. The second-order valence-corrected chi connectivity index (χ2v) is 3.05. The van der Waals surface area contributed by atoms with Gasteiger partial charge in [0.15, 0.2) is 0 Å². The Bertz CT molecular complexity index is 369. The summed E-state index contributed by atoms with van der Waals surface area (Å²) in [6.45, 7) is 4.25. The summed E-state index contributed by atoms with van der Waals surface area (Å²) in [4.78, 5) is 4.03. The molecule has 1 aliphatic carbocycles. The number of allylic oxidation sites excluding steroid dienone is 2. The first-order chi connectivity index (χ1) is 6.88. The fourth-order valence-corrected chi connectivity index (χ4v) is 1.03. The van der Waals surface area contributed by atoms with Crippen LogP contribution in [0.4, 0.5) is 0 Å². The van der Waals surface area contributed by atoms with Crippen molar-refractivity contribution in [2.75, 3.05) is 0 Å². The van der Waals surface area contributed by atoms with Crippen molar-refractivity contribution in [2.24, 2.45) is 0 Å². The minimum atomic E-state index is 1.15. The third-order valence-electron chi connectivity index (χ3n) is 1.59. The van der Waals surface area contributed by atoms with Gasteiger partial charge in [0.1, 0.15) is 0 Å². The van der Waals surface area contributed by atoms with Crippen LogP contribution in [0, 0.1) is 0 Å². The first-order valence-electron chi connectivity index (χ1n) is 4.91. The van der Waals surface area contributed by atoms with Crippen molar-refractivity contribution in [3.63, 3.8) is 0 Å². The molecule has 0 aliphatic heterocycles. The van der Waals surface area contributed by atoms with Crippen LogP contribution in [0.2, 0.25) is 0 Å². The number of aromatic nitrogens is 1. The van der Waals surface area contributed by atoms with E-state index >= 15 is 0 Å². The number of nitrogens with zero attached hydrogens (tertiary/aromatic N) is 1. The van der Waals surface area contributed by atoms with Crippen molar-refractivity contribution in [3.8, 4) is 0 Å². The molecule has 0 atom stereocenters. The average molecular weight is 185 g/mol. The van der Waals surface area contributed by atoms with E-state index in [1.54, 1.807) is 6.20 Å². The first kappa shape index (κ1) is 10.5. The molecule has 14 heavy (non-hydrogen) atoms. The summed E-state index contributed by atoms with van der Waals surface area (Å²) in [5.41, 5.74) is 5.36. The third kappa shape index (κ3) is 3.04. The van der Waals surface area contributed by atoms with Crippen molar-refractivity contribution in [2.45, 2.75) is 20.3 Å².